The van der Waals surface area contributed by atoms with Crippen LogP contribution in [0.25, 0.3) is 0 Å². The average Bonchev–Trinajstić information content (AvgIpc) is 2.93. The highest BCUT2D eigenvalue weighted by Crippen LogP contribution is 2.67. The number of carboxylic acid groups (broad SMARTS) is 1. The third-order valence-electron chi connectivity index (χ3n) is 8.68. The van der Waals surface area contributed by atoms with Crippen LogP contribution in [0.2, 0.25) is 0 Å². The molecule has 4 heteroatoms. The summed E-state index contributed by atoms with van der Waals surface area (Å²) in [5.74, 6) is 2.00. The lowest BCUT2D eigenvalue weighted by Gasteiger charge is -2.58. The normalized spacial score (nSPS) is 46.6. The van der Waals surface area contributed by atoms with Crippen LogP contribution < -0.4 is 0 Å². The Morgan fingerprint density at radius 2 is 2.07 bits per heavy atom. The smallest absolute Gasteiger partial charge is 0.328 e. The second-order valence-electron chi connectivity index (χ2n) is 9.54. The second kappa shape index (κ2) is 6.58. The maximum atomic E-state index is 11.9. The molecule has 0 aliphatic heterocycles. The van der Waals surface area contributed by atoms with Crippen LogP contribution in [0.1, 0.15) is 65.2 Å². The van der Waals surface area contributed by atoms with Crippen molar-refractivity contribution < 1.29 is 19.8 Å². The van der Waals surface area contributed by atoms with E-state index in [1.54, 1.807) is 6.08 Å². The Labute approximate surface area is 161 Å². The first-order valence-corrected chi connectivity index (χ1v) is 10.7. The van der Waals surface area contributed by atoms with Crippen molar-refractivity contribution in [3.63, 3.8) is 0 Å². The van der Waals surface area contributed by atoms with Gasteiger partial charge in [-0.05, 0) is 86.7 Å². The lowest BCUT2D eigenvalue weighted by molar-refractivity contribution is -0.132. The molecule has 0 aromatic heterocycles. The number of carbonyl (C=O) groups excluding carboxylic acids is 1. The molecule has 0 spiro atoms. The Kier molecular flexibility index (Phi) is 4.61. The number of hydrogen-bond acceptors (Lipinski definition) is 3. The Hall–Kier alpha value is -1.42. The summed E-state index contributed by atoms with van der Waals surface area (Å²) >= 11 is 0. The van der Waals surface area contributed by atoms with E-state index in [0.29, 0.717) is 48.2 Å². The van der Waals surface area contributed by atoms with Crippen molar-refractivity contribution >= 4 is 11.8 Å². The standard InChI is InChI=1S/C23H32O4/c1-3-22-9-6-18-17-5-4-16(24)13-15(17)12-14(2)21(18)19(22)7-10-23(22,27)11-8-20(25)26/h8,11,13-14,17-19,21,27H,3-7,9-10,12H2,1-2H3,(H,25,26)/b11-8-/t14-,17+,18-,19+,21-,22+,23-/m1/s1. The van der Waals surface area contributed by atoms with Gasteiger partial charge in [-0.3, -0.25) is 4.79 Å². The van der Waals surface area contributed by atoms with Crippen LogP contribution in [0, 0.1) is 35.0 Å². The summed E-state index contributed by atoms with van der Waals surface area (Å²) in [7, 11) is 0. The molecule has 3 saturated carbocycles. The summed E-state index contributed by atoms with van der Waals surface area (Å²) in [6, 6.07) is 0. The molecule has 4 aliphatic carbocycles. The fourth-order valence-corrected chi connectivity index (χ4v) is 7.67. The maximum Gasteiger partial charge on any atom is 0.328 e. The Bertz CT molecular complexity index is 707. The summed E-state index contributed by atoms with van der Waals surface area (Å²) < 4.78 is 0. The number of carboxylic acids is 1. The van der Waals surface area contributed by atoms with Gasteiger partial charge in [0.15, 0.2) is 5.78 Å². The van der Waals surface area contributed by atoms with Gasteiger partial charge in [0.1, 0.15) is 0 Å². The molecule has 0 heterocycles. The predicted octanol–water partition coefficient (Wildman–Crippen LogP) is 4.14. The van der Waals surface area contributed by atoms with Crippen LogP contribution in [0.15, 0.2) is 23.8 Å². The topological polar surface area (TPSA) is 74.6 Å². The first-order valence-electron chi connectivity index (χ1n) is 10.7. The molecular formula is C23H32O4. The lowest BCUT2D eigenvalue weighted by Crippen LogP contribution is -2.55. The molecule has 0 radical (unpaired) electrons. The Balaban J connectivity index is 1.69. The molecule has 0 saturated heterocycles. The number of aliphatic hydroxyl groups is 1. The monoisotopic (exact) mass is 372 g/mol. The van der Waals surface area contributed by atoms with E-state index in [1.165, 1.54) is 5.57 Å². The zero-order chi connectivity index (χ0) is 19.4. The molecule has 0 aromatic carbocycles. The molecule has 3 fully saturated rings. The minimum absolute atomic E-state index is 0.208. The SMILES string of the molecule is CC[C@]12CC[C@H]3[C@@H]([C@H](C)CC4=CC(=O)CC[C@@H]43)[C@@H]1CC[C@@]2(O)/C=C\C(=O)O. The van der Waals surface area contributed by atoms with Crippen LogP contribution in [0.4, 0.5) is 0 Å². The maximum absolute atomic E-state index is 11.9. The highest BCUT2D eigenvalue weighted by Gasteiger charge is 2.63. The molecule has 4 rings (SSSR count). The van der Waals surface area contributed by atoms with E-state index in [4.69, 9.17) is 5.11 Å². The molecule has 0 unspecified atom stereocenters. The minimum Gasteiger partial charge on any atom is -0.478 e. The van der Waals surface area contributed by atoms with Crippen LogP contribution in [-0.2, 0) is 9.59 Å². The average molecular weight is 373 g/mol. The molecule has 0 bridgehead atoms. The molecule has 7 atom stereocenters. The van der Waals surface area contributed by atoms with Gasteiger partial charge >= 0.3 is 5.97 Å². The number of aliphatic carboxylic acids is 1. The fourth-order valence-electron chi connectivity index (χ4n) is 7.67. The van der Waals surface area contributed by atoms with E-state index >= 15 is 0 Å². The molecular weight excluding hydrogens is 340 g/mol. The van der Waals surface area contributed by atoms with Crippen molar-refractivity contribution in [1.29, 1.82) is 0 Å². The molecule has 148 valence electrons. The van der Waals surface area contributed by atoms with Crippen LogP contribution in [-0.4, -0.2) is 27.6 Å². The van der Waals surface area contributed by atoms with Crippen molar-refractivity contribution in [3.8, 4) is 0 Å². The van der Waals surface area contributed by atoms with E-state index in [-0.39, 0.29) is 5.41 Å². The van der Waals surface area contributed by atoms with E-state index in [9.17, 15) is 14.7 Å². The third-order valence-corrected chi connectivity index (χ3v) is 8.68. The highest BCUT2D eigenvalue weighted by atomic mass is 16.4. The van der Waals surface area contributed by atoms with Crippen molar-refractivity contribution in [1.82, 2.24) is 0 Å². The largest absolute Gasteiger partial charge is 0.478 e. The molecule has 27 heavy (non-hydrogen) atoms. The highest BCUT2D eigenvalue weighted by molar-refractivity contribution is 5.91. The zero-order valence-electron chi connectivity index (χ0n) is 16.5. The first kappa shape index (κ1) is 18.9. The quantitative estimate of drug-likeness (QED) is 0.730. The molecule has 2 N–H and O–H groups in total. The fraction of sp³-hybridized carbons (Fsp3) is 0.739. The number of fused-ring (bicyclic) bond motifs is 5. The molecule has 4 nitrogen and oxygen atoms in total. The van der Waals surface area contributed by atoms with Crippen molar-refractivity contribution in [2.24, 2.45) is 35.0 Å². The summed E-state index contributed by atoms with van der Waals surface area (Å²) in [6.07, 6.45) is 11.9. The van der Waals surface area contributed by atoms with Gasteiger partial charge in [0, 0.05) is 17.9 Å². The van der Waals surface area contributed by atoms with Gasteiger partial charge in [-0.2, -0.15) is 0 Å². The molecule has 0 aromatic rings. The van der Waals surface area contributed by atoms with E-state index in [0.717, 1.165) is 44.6 Å². The summed E-state index contributed by atoms with van der Waals surface area (Å²) in [4.78, 5) is 23.0. The van der Waals surface area contributed by atoms with Gasteiger partial charge in [-0.15, -0.1) is 0 Å². The number of allylic oxidation sites excluding steroid dienone is 1. The first-order chi connectivity index (χ1) is 12.8. The van der Waals surface area contributed by atoms with Crippen LogP contribution in [0.5, 0.6) is 0 Å². The van der Waals surface area contributed by atoms with Crippen LogP contribution in [0.3, 0.4) is 0 Å². The van der Waals surface area contributed by atoms with Gasteiger partial charge in [-0.1, -0.05) is 19.4 Å². The summed E-state index contributed by atoms with van der Waals surface area (Å²) in [6.45, 7) is 4.49. The molecule has 4 aliphatic rings. The number of ketones is 1. The van der Waals surface area contributed by atoms with Gasteiger partial charge in [0.05, 0.1) is 5.60 Å². The van der Waals surface area contributed by atoms with Crippen molar-refractivity contribution in [3.05, 3.63) is 23.8 Å². The summed E-state index contributed by atoms with van der Waals surface area (Å²) in [5, 5.41) is 20.6. The van der Waals surface area contributed by atoms with Crippen molar-refractivity contribution in [2.75, 3.05) is 0 Å². The van der Waals surface area contributed by atoms with Crippen molar-refractivity contribution in [2.45, 2.75) is 70.8 Å². The predicted molar refractivity (Wildman–Crippen MR) is 103 cm³/mol. The van der Waals surface area contributed by atoms with E-state index in [2.05, 4.69) is 13.8 Å². The minimum atomic E-state index is -1.01. The third kappa shape index (κ3) is 2.74. The van der Waals surface area contributed by atoms with Gasteiger partial charge in [-0.25, -0.2) is 4.79 Å². The number of carbonyl (C=O) groups is 2. The Morgan fingerprint density at radius 1 is 1.30 bits per heavy atom. The lowest BCUT2D eigenvalue weighted by atomic mass is 9.47. The molecule has 0 amide bonds. The summed E-state index contributed by atoms with van der Waals surface area (Å²) in [5.41, 5.74) is 0.164. The second-order valence-corrected chi connectivity index (χ2v) is 9.54. The zero-order valence-corrected chi connectivity index (χ0v) is 16.5. The van der Waals surface area contributed by atoms with E-state index in [1.807, 2.05) is 6.08 Å². The van der Waals surface area contributed by atoms with Gasteiger partial charge in [0.2, 0.25) is 0 Å². The van der Waals surface area contributed by atoms with Crippen LogP contribution >= 0.6 is 0 Å². The Morgan fingerprint density at radius 3 is 2.78 bits per heavy atom. The number of hydrogen-bond donors (Lipinski definition) is 2. The van der Waals surface area contributed by atoms with Gasteiger partial charge < -0.3 is 10.2 Å². The van der Waals surface area contributed by atoms with Gasteiger partial charge in [0.25, 0.3) is 0 Å². The number of rotatable bonds is 3. The van der Waals surface area contributed by atoms with E-state index < -0.39 is 11.6 Å².